The predicted octanol–water partition coefficient (Wildman–Crippen LogP) is 3.03. The van der Waals surface area contributed by atoms with Crippen LogP contribution in [0.4, 0.5) is 5.69 Å². The van der Waals surface area contributed by atoms with Gasteiger partial charge in [-0.1, -0.05) is 13.8 Å². The third-order valence-electron chi connectivity index (χ3n) is 4.22. The number of nitrogens with one attached hydrogen (secondary N) is 1. The fraction of sp³-hybridized carbons (Fsp3) is 0.474. The van der Waals surface area contributed by atoms with Gasteiger partial charge < -0.3 is 19.7 Å². The van der Waals surface area contributed by atoms with E-state index in [-0.39, 0.29) is 5.57 Å². The molecule has 1 aromatic rings. The highest BCUT2D eigenvalue weighted by Gasteiger charge is 2.21. The van der Waals surface area contributed by atoms with Crippen LogP contribution in [0, 0.1) is 23.2 Å². The van der Waals surface area contributed by atoms with Crippen molar-refractivity contribution >= 4 is 11.6 Å². The van der Waals surface area contributed by atoms with Crippen molar-refractivity contribution in [3.05, 3.63) is 30.0 Å². The molecule has 6 heteroatoms. The van der Waals surface area contributed by atoms with Gasteiger partial charge in [-0.05, 0) is 30.4 Å². The zero-order valence-corrected chi connectivity index (χ0v) is 15.2. The summed E-state index contributed by atoms with van der Waals surface area (Å²) in [7, 11) is 3.08. The predicted molar refractivity (Wildman–Crippen MR) is 96.4 cm³/mol. The Hall–Kier alpha value is -2.68. The van der Waals surface area contributed by atoms with Crippen molar-refractivity contribution in [3.63, 3.8) is 0 Å². The van der Waals surface area contributed by atoms with E-state index < -0.39 is 5.91 Å². The lowest BCUT2D eigenvalue weighted by atomic mass is 9.92. The number of methoxy groups -OCH3 is 2. The molecule has 0 saturated carbocycles. The summed E-state index contributed by atoms with van der Waals surface area (Å²) < 4.78 is 10.4. The number of benzene rings is 1. The van der Waals surface area contributed by atoms with Crippen LogP contribution >= 0.6 is 0 Å². The fourth-order valence-electron chi connectivity index (χ4n) is 3.25. The molecule has 1 aliphatic rings. The first-order valence-corrected chi connectivity index (χ1v) is 8.36. The topological polar surface area (TPSA) is 74.6 Å². The largest absolute Gasteiger partial charge is 0.493 e. The van der Waals surface area contributed by atoms with E-state index in [0.717, 1.165) is 13.1 Å². The van der Waals surface area contributed by atoms with Crippen molar-refractivity contribution in [2.75, 3.05) is 32.6 Å². The van der Waals surface area contributed by atoms with Crippen LogP contribution in [0.15, 0.2) is 30.0 Å². The standard InChI is InChI=1S/C19H25N3O3/c1-13-7-14(2)11-22(10-13)12-15(9-20)19(23)21-16-5-6-17(24-3)18(8-16)25-4/h5-6,8,12-14H,7,10-11H2,1-4H3,(H,21,23)/b15-12-. The zero-order valence-electron chi connectivity index (χ0n) is 15.2. The molecule has 134 valence electrons. The maximum Gasteiger partial charge on any atom is 0.267 e. The summed E-state index contributed by atoms with van der Waals surface area (Å²) in [6.07, 6.45) is 2.84. The molecule has 2 rings (SSSR count). The van der Waals surface area contributed by atoms with Crippen LogP contribution in [0.1, 0.15) is 20.3 Å². The SMILES string of the molecule is COc1ccc(NC(=O)/C(C#N)=C\N2CC(C)CC(C)C2)cc1OC. The number of nitrogens with zero attached hydrogens (tertiary/aromatic N) is 2. The van der Waals surface area contributed by atoms with Gasteiger partial charge in [0, 0.05) is 31.0 Å². The maximum atomic E-state index is 12.4. The van der Waals surface area contributed by atoms with Gasteiger partial charge in [0.2, 0.25) is 0 Å². The normalized spacial score (nSPS) is 20.6. The average molecular weight is 343 g/mol. The third kappa shape index (κ3) is 4.90. The molecule has 1 fully saturated rings. The molecule has 1 aromatic carbocycles. The quantitative estimate of drug-likeness (QED) is 0.657. The number of hydrogen-bond acceptors (Lipinski definition) is 5. The molecular formula is C19H25N3O3. The van der Waals surface area contributed by atoms with Gasteiger partial charge >= 0.3 is 0 Å². The second-order valence-corrected chi connectivity index (χ2v) is 6.58. The highest BCUT2D eigenvalue weighted by Crippen LogP contribution is 2.30. The van der Waals surface area contributed by atoms with Gasteiger partial charge in [-0.3, -0.25) is 4.79 Å². The van der Waals surface area contributed by atoms with Gasteiger partial charge in [0.15, 0.2) is 11.5 Å². The molecule has 1 aliphatic heterocycles. The number of carbonyl (C=O) groups is 1. The van der Waals surface area contributed by atoms with Gasteiger partial charge in [0.05, 0.1) is 14.2 Å². The molecule has 0 bridgehead atoms. The molecule has 2 unspecified atom stereocenters. The third-order valence-corrected chi connectivity index (χ3v) is 4.22. The van der Waals surface area contributed by atoms with Gasteiger partial charge in [-0.2, -0.15) is 5.26 Å². The van der Waals surface area contributed by atoms with E-state index >= 15 is 0 Å². The number of ether oxygens (including phenoxy) is 2. The molecule has 25 heavy (non-hydrogen) atoms. The Bertz CT molecular complexity index is 684. The second-order valence-electron chi connectivity index (χ2n) is 6.58. The van der Waals surface area contributed by atoms with E-state index in [2.05, 4.69) is 24.1 Å². The van der Waals surface area contributed by atoms with E-state index in [9.17, 15) is 10.1 Å². The number of nitriles is 1. The van der Waals surface area contributed by atoms with Crippen molar-refractivity contribution in [1.29, 1.82) is 5.26 Å². The van der Waals surface area contributed by atoms with Crippen molar-refractivity contribution in [2.24, 2.45) is 11.8 Å². The summed E-state index contributed by atoms with van der Waals surface area (Å²) in [5, 5.41) is 12.1. The number of hydrogen-bond donors (Lipinski definition) is 1. The molecule has 1 heterocycles. The molecule has 2 atom stereocenters. The number of amides is 1. The Labute approximate surface area is 149 Å². The molecule has 0 radical (unpaired) electrons. The number of anilines is 1. The summed E-state index contributed by atoms with van der Waals surface area (Å²) in [6.45, 7) is 6.09. The van der Waals surface area contributed by atoms with E-state index in [1.54, 1.807) is 31.5 Å². The van der Waals surface area contributed by atoms with Crippen molar-refractivity contribution in [1.82, 2.24) is 4.90 Å². The Balaban J connectivity index is 2.12. The number of piperidine rings is 1. The van der Waals surface area contributed by atoms with Gasteiger partial charge in [0.1, 0.15) is 11.6 Å². The van der Waals surface area contributed by atoms with Crippen LogP contribution in [-0.2, 0) is 4.79 Å². The molecule has 1 amide bonds. The monoisotopic (exact) mass is 343 g/mol. The average Bonchev–Trinajstić information content (AvgIpc) is 2.58. The van der Waals surface area contributed by atoms with E-state index in [0.29, 0.717) is 29.0 Å². The lowest BCUT2D eigenvalue weighted by molar-refractivity contribution is -0.112. The molecule has 6 nitrogen and oxygen atoms in total. The number of rotatable bonds is 5. The summed E-state index contributed by atoms with van der Waals surface area (Å²) >= 11 is 0. The minimum absolute atomic E-state index is 0.0936. The molecule has 1 saturated heterocycles. The van der Waals surface area contributed by atoms with Gasteiger partial charge in [-0.25, -0.2) is 0 Å². The summed E-state index contributed by atoms with van der Waals surface area (Å²) in [6, 6.07) is 7.08. The summed E-state index contributed by atoms with van der Waals surface area (Å²) in [5.41, 5.74) is 0.639. The highest BCUT2D eigenvalue weighted by molar-refractivity contribution is 6.06. The first-order valence-electron chi connectivity index (χ1n) is 8.36. The Kier molecular flexibility index (Phi) is 6.29. The number of likely N-dealkylation sites (tertiary alicyclic amines) is 1. The molecular weight excluding hydrogens is 318 g/mol. The van der Waals surface area contributed by atoms with Gasteiger partial charge in [0.25, 0.3) is 5.91 Å². The lowest BCUT2D eigenvalue weighted by Gasteiger charge is -2.34. The Morgan fingerprint density at radius 3 is 2.44 bits per heavy atom. The maximum absolute atomic E-state index is 12.4. The minimum atomic E-state index is -0.430. The summed E-state index contributed by atoms with van der Waals surface area (Å²) in [4.78, 5) is 14.5. The highest BCUT2D eigenvalue weighted by atomic mass is 16.5. The molecule has 0 aromatic heterocycles. The smallest absolute Gasteiger partial charge is 0.267 e. The lowest BCUT2D eigenvalue weighted by Crippen LogP contribution is -2.35. The Morgan fingerprint density at radius 1 is 1.24 bits per heavy atom. The van der Waals surface area contributed by atoms with Crippen LogP contribution in [0.2, 0.25) is 0 Å². The molecule has 0 spiro atoms. The zero-order chi connectivity index (χ0) is 18.4. The van der Waals surface area contributed by atoms with E-state index in [1.165, 1.54) is 13.5 Å². The van der Waals surface area contributed by atoms with Crippen molar-refractivity contribution in [3.8, 4) is 17.6 Å². The first kappa shape index (κ1) is 18.7. The second kappa shape index (κ2) is 8.43. The summed E-state index contributed by atoms with van der Waals surface area (Å²) in [5.74, 6) is 1.76. The molecule has 1 N–H and O–H groups in total. The van der Waals surface area contributed by atoms with Gasteiger partial charge in [-0.15, -0.1) is 0 Å². The van der Waals surface area contributed by atoms with Crippen LogP contribution in [0.3, 0.4) is 0 Å². The van der Waals surface area contributed by atoms with Crippen LogP contribution in [0.5, 0.6) is 11.5 Å². The van der Waals surface area contributed by atoms with Crippen LogP contribution in [0.25, 0.3) is 0 Å². The fourth-order valence-corrected chi connectivity index (χ4v) is 3.25. The van der Waals surface area contributed by atoms with Crippen LogP contribution < -0.4 is 14.8 Å². The first-order chi connectivity index (χ1) is 12.0. The van der Waals surface area contributed by atoms with Crippen molar-refractivity contribution < 1.29 is 14.3 Å². The van der Waals surface area contributed by atoms with Crippen LogP contribution in [-0.4, -0.2) is 38.1 Å². The van der Waals surface area contributed by atoms with E-state index in [4.69, 9.17) is 9.47 Å². The molecule has 0 aliphatic carbocycles. The van der Waals surface area contributed by atoms with E-state index in [1.807, 2.05) is 6.07 Å². The number of carbonyl (C=O) groups excluding carboxylic acids is 1. The Morgan fingerprint density at radius 2 is 1.88 bits per heavy atom. The minimum Gasteiger partial charge on any atom is -0.493 e. The van der Waals surface area contributed by atoms with Crippen molar-refractivity contribution in [2.45, 2.75) is 20.3 Å².